The van der Waals surface area contributed by atoms with E-state index in [-0.39, 0.29) is 5.91 Å². The third-order valence-electron chi connectivity index (χ3n) is 3.52. The summed E-state index contributed by atoms with van der Waals surface area (Å²) in [6, 6.07) is 13.0. The molecule has 2 aromatic carbocycles. The van der Waals surface area contributed by atoms with E-state index in [1.54, 1.807) is 26.4 Å². The molecule has 0 radical (unpaired) electrons. The first-order chi connectivity index (χ1) is 11.2. The topological polar surface area (TPSA) is 47.6 Å². The van der Waals surface area contributed by atoms with E-state index in [1.807, 2.05) is 30.3 Å². The zero-order valence-corrected chi connectivity index (χ0v) is 14.0. The van der Waals surface area contributed by atoms with Crippen molar-refractivity contribution in [2.24, 2.45) is 0 Å². The second-order valence-electron chi connectivity index (χ2n) is 5.03. The van der Waals surface area contributed by atoms with Gasteiger partial charge in [0.2, 0.25) is 0 Å². The minimum atomic E-state index is -0.0911. The largest absolute Gasteiger partial charge is 0.493 e. The molecule has 0 atom stereocenters. The number of benzene rings is 2. The zero-order chi connectivity index (χ0) is 16.7. The third-order valence-corrected chi connectivity index (χ3v) is 3.83. The van der Waals surface area contributed by atoms with Gasteiger partial charge in [-0.2, -0.15) is 0 Å². The number of halogens is 1. The van der Waals surface area contributed by atoms with E-state index < -0.39 is 0 Å². The van der Waals surface area contributed by atoms with E-state index in [4.69, 9.17) is 21.1 Å². The molecule has 1 N–H and O–H groups in total. The van der Waals surface area contributed by atoms with Crippen LogP contribution in [0.1, 0.15) is 21.5 Å². The number of hydrogen-bond acceptors (Lipinski definition) is 3. The third kappa shape index (κ3) is 4.63. The molecule has 0 aromatic heterocycles. The number of methoxy groups -OCH3 is 2. The van der Waals surface area contributed by atoms with Crippen molar-refractivity contribution in [2.75, 3.05) is 20.8 Å². The molecular formula is C18H20ClNO3. The summed E-state index contributed by atoms with van der Waals surface area (Å²) in [5, 5.41) is 2.91. The van der Waals surface area contributed by atoms with Gasteiger partial charge in [0.25, 0.3) is 5.91 Å². The molecule has 1 amide bonds. The number of alkyl halides is 1. The van der Waals surface area contributed by atoms with E-state index in [0.29, 0.717) is 35.9 Å². The zero-order valence-electron chi connectivity index (χ0n) is 13.3. The number of rotatable bonds is 7. The Balaban J connectivity index is 1.90. The maximum atomic E-state index is 12.1. The molecule has 0 fully saturated rings. The number of carbonyl (C=O) groups is 1. The first kappa shape index (κ1) is 17.2. The summed E-state index contributed by atoms with van der Waals surface area (Å²) >= 11 is 5.74. The van der Waals surface area contributed by atoms with Crippen LogP contribution in [0.3, 0.4) is 0 Å². The molecule has 2 aromatic rings. The second-order valence-corrected chi connectivity index (χ2v) is 5.29. The van der Waals surface area contributed by atoms with Gasteiger partial charge in [0, 0.05) is 18.0 Å². The lowest BCUT2D eigenvalue weighted by Crippen LogP contribution is -2.25. The summed E-state index contributed by atoms with van der Waals surface area (Å²) in [5.41, 5.74) is 2.69. The highest BCUT2D eigenvalue weighted by Crippen LogP contribution is 2.27. The smallest absolute Gasteiger partial charge is 0.251 e. The summed E-state index contributed by atoms with van der Waals surface area (Å²) in [5.74, 6) is 1.74. The maximum Gasteiger partial charge on any atom is 0.251 e. The molecule has 0 aliphatic heterocycles. The Morgan fingerprint density at radius 3 is 2.26 bits per heavy atom. The normalized spacial score (nSPS) is 10.2. The fourth-order valence-electron chi connectivity index (χ4n) is 2.20. The second kappa shape index (κ2) is 8.44. The predicted octanol–water partition coefficient (Wildman–Crippen LogP) is 3.42. The molecule has 0 aliphatic rings. The average Bonchev–Trinajstić information content (AvgIpc) is 2.61. The fourth-order valence-corrected chi connectivity index (χ4v) is 2.38. The van der Waals surface area contributed by atoms with Crippen LogP contribution in [-0.2, 0) is 12.3 Å². The number of amides is 1. The Morgan fingerprint density at radius 2 is 1.65 bits per heavy atom. The van der Waals surface area contributed by atoms with Gasteiger partial charge in [-0.25, -0.2) is 0 Å². The first-order valence-electron chi connectivity index (χ1n) is 7.32. The molecular weight excluding hydrogens is 314 g/mol. The predicted molar refractivity (Wildman–Crippen MR) is 91.6 cm³/mol. The number of nitrogens with one attached hydrogen (secondary N) is 1. The Hall–Kier alpha value is -2.20. The van der Waals surface area contributed by atoms with Gasteiger partial charge in [-0.1, -0.05) is 18.2 Å². The number of carbonyl (C=O) groups excluding carboxylic acids is 1. The molecule has 0 aliphatic carbocycles. The fraction of sp³-hybridized carbons (Fsp3) is 0.278. The summed E-state index contributed by atoms with van der Waals surface area (Å²) in [6.45, 7) is 0.547. The Bertz CT molecular complexity index is 656. The van der Waals surface area contributed by atoms with Crippen molar-refractivity contribution in [3.63, 3.8) is 0 Å². The minimum absolute atomic E-state index is 0.0911. The van der Waals surface area contributed by atoms with Crippen LogP contribution in [0.15, 0.2) is 42.5 Å². The average molecular weight is 334 g/mol. The van der Waals surface area contributed by atoms with Crippen LogP contribution in [0.2, 0.25) is 0 Å². The van der Waals surface area contributed by atoms with E-state index in [9.17, 15) is 4.79 Å². The van der Waals surface area contributed by atoms with Gasteiger partial charge in [0.05, 0.1) is 14.2 Å². The van der Waals surface area contributed by atoms with Gasteiger partial charge < -0.3 is 14.8 Å². The van der Waals surface area contributed by atoms with Crippen LogP contribution in [-0.4, -0.2) is 26.7 Å². The molecule has 0 saturated heterocycles. The Kier molecular flexibility index (Phi) is 6.29. The van der Waals surface area contributed by atoms with Gasteiger partial charge in [0.15, 0.2) is 11.5 Å². The SMILES string of the molecule is COc1ccc(CCNC(=O)c2ccc(CCl)cc2)cc1OC. The monoisotopic (exact) mass is 333 g/mol. The van der Waals surface area contributed by atoms with Gasteiger partial charge in [-0.3, -0.25) is 4.79 Å². The summed E-state index contributed by atoms with van der Waals surface area (Å²) in [7, 11) is 3.21. The highest BCUT2D eigenvalue weighted by Gasteiger charge is 2.07. The highest BCUT2D eigenvalue weighted by atomic mass is 35.5. The molecule has 0 spiro atoms. The molecule has 122 valence electrons. The summed E-state index contributed by atoms with van der Waals surface area (Å²) < 4.78 is 10.5. The number of ether oxygens (including phenoxy) is 2. The van der Waals surface area contributed by atoms with Crippen molar-refractivity contribution in [3.05, 3.63) is 59.2 Å². The van der Waals surface area contributed by atoms with E-state index in [1.165, 1.54) is 0 Å². The van der Waals surface area contributed by atoms with Crippen LogP contribution < -0.4 is 14.8 Å². The molecule has 5 heteroatoms. The van der Waals surface area contributed by atoms with Crippen LogP contribution in [0.5, 0.6) is 11.5 Å². The van der Waals surface area contributed by atoms with E-state index >= 15 is 0 Å². The molecule has 4 nitrogen and oxygen atoms in total. The quantitative estimate of drug-likeness (QED) is 0.790. The van der Waals surface area contributed by atoms with Gasteiger partial charge >= 0.3 is 0 Å². The van der Waals surface area contributed by atoms with Crippen LogP contribution in [0.25, 0.3) is 0 Å². The van der Waals surface area contributed by atoms with Crippen molar-refractivity contribution < 1.29 is 14.3 Å². The first-order valence-corrected chi connectivity index (χ1v) is 7.85. The molecule has 23 heavy (non-hydrogen) atoms. The molecule has 0 saturated carbocycles. The van der Waals surface area contributed by atoms with Gasteiger partial charge in [-0.15, -0.1) is 11.6 Å². The van der Waals surface area contributed by atoms with Crippen molar-refractivity contribution >= 4 is 17.5 Å². The van der Waals surface area contributed by atoms with Crippen molar-refractivity contribution in [3.8, 4) is 11.5 Å². The minimum Gasteiger partial charge on any atom is -0.493 e. The van der Waals surface area contributed by atoms with Gasteiger partial charge in [0.1, 0.15) is 0 Å². The number of hydrogen-bond donors (Lipinski definition) is 1. The Morgan fingerprint density at radius 1 is 1.00 bits per heavy atom. The van der Waals surface area contributed by atoms with Crippen molar-refractivity contribution in [1.29, 1.82) is 0 Å². The lowest BCUT2D eigenvalue weighted by atomic mass is 10.1. The van der Waals surface area contributed by atoms with Crippen molar-refractivity contribution in [2.45, 2.75) is 12.3 Å². The molecule has 0 unspecified atom stereocenters. The standard InChI is InChI=1S/C18H20ClNO3/c1-22-16-8-5-13(11-17(16)23-2)9-10-20-18(21)15-6-3-14(12-19)4-7-15/h3-8,11H,9-10,12H2,1-2H3,(H,20,21). The molecule has 2 rings (SSSR count). The highest BCUT2D eigenvalue weighted by molar-refractivity contribution is 6.17. The van der Waals surface area contributed by atoms with E-state index in [2.05, 4.69) is 5.32 Å². The summed E-state index contributed by atoms with van der Waals surface area (Å²) in [6.07, 6.45) is 0.714. The van der Waals surface area contributed by atoms with Crippen LogP contribution in [0, 0.1) is 0 Å². The van der Waals surface area contributed by atoms with Crippen LogP contribution in [0.4, 0.5) is 0 Å². The summed E-state index contributed by atoms with van der Waals surface area (Å²) in [4.78, 5) is 12.1. The maximum absolute atomic E-state index is 12.1. The van der Waals surface area contributed by atoms with Gasteiger partial charge in [-0.05, 0) is 41.8 Å². The van der Waals surface area contributed by atoms with Crippen molar-refractivity contribution in [1.82, 2.24) is 5.32 Å². The lowest BCUT2D eigenvalue weighted by Gasteiger charge is -2.10. The Labute approximate surface area is 141 Å². The lowest BCUT2D eigenvalue weighted by molar-refractivity contribution is 0.0954. The van der Waals surface area contributed by atoms with E-state index in [0.717, 1.165) is 11.1 Å². The molecule has 0 heterocycles. The molecule has 0 bridgehead atoms. The van der Waals surface area contributed by atoms with Crippen LogP contribution >= 0.6 is 11.6 Å².